The topological polar surface area (TPSA) is 159 Å². The summed E-state index contributed by atoms with van der Waals surface area (Å²) in [7, 11) is 0. The second-order valence-corrected chi connectivity index (χ2v) is 15.9. The van der Waals surface area contributed by atoms with Gasteiger partial charge in [-0.25, -0.2) is 9.50 Å². The number of piperazine rings is 1. The predicted molar refractivity (Wildman–Crippen MR) is 199 cm³/mol. The first-order chi connectivity index (χ1) is 26.3. The van der Waals surface area contributed by atoms with E-state index in [1.807, 2.05) is 12.1 Å². The largest absolute Gasteiger partial charge is 0.491 e. The van der Waals surface area contributed by atoms with Crippen LogP contribution in [0.25, 0.3) is 16.6 Å². The van der Waals surface area contributed by atoms with Crippen molar-refractivity contribution in [3.05, 3.63) is 48.5 Å². The molecule has 3 aromatic heterocycles. The molecule has 1 atom stereocenters. The molecule has 284 valence electrons. The van der Waals surface area contributed by atoms with Gasteiger partial charge in [0.05, 0.1) is 36.6 Å². The molecule has 2 saturated carbocycles. The number of aromatic nitrogens is 5. The van der Waals surface area contributed by atoms with Crippen LogP contribution in [-0.2, 0) is 14.4 Å². The molecular formula is C39H48N10O5. The van der Waals surface area contributed by atoms with Crippen molar-refractivity contribution in [1.29, 1.82) is 0 Å². The van der Waals surface area contributed by atoms with Gasteiger partial charge in [0.1, 0.15) is 17.4 Å². The van der Waals surface area contributed by atoms with E-state index in [9.17, 15) is 19.2 Å². The van der Waals surface area contributed by atoms with E-state index in [-0.39, 0.29) is 30.0 Å². The van der Waals surface area contributed by atoms with Crippen molar-refractivity contribution in [3.8, 4) is 5.75 Å². The lowest BCUT2D eigenvalue weighted by Crippen LogP contribution is -2.62. The van der Waals surface area contributed by atoms with Gasteiger partial charge in [-0.3, -0.25) is 34.1 Å². The van der Waals surface area contributed by atoms with Crippen LogP contribution < -0.4 is 15.4 Å². The lowest BCUT2D eigenvalue weighted by atomic mass is 9.85. The van der Waals surface area contributed by atoms with Gasteiger partial charge in [-0.1, -0.05) is 0 Å². The SMILES string of the molecule is O=C1CCC(N2CCN(C3CCN(C[C@H]4CC[C@H](n5cc6cc(NC(=O)c7cnn8cccnc78)c(OCC7CC7)cc6n5)CC4)CC3)CC2=O)C(=O)N1. The third-order valence-corrected chi connectivity index (χ3v) is 12.2. The molecule has 1 aromatic carbocycles. The van der Waals surface area contributed by atoms with Crippen molar-refractivity contribution in [1.82, 2.24) is 44.4 Å². The third kappa shape index (κ3) is 7.30. The van der Waals surface area contributed by atoms with Gasteiger partial charge in [0.15, 0.2) is 5.65 Å². The van der Waals surface area contributed by atoms with Gasteiger partial charge in [0.2, 0.25) is 17.7 Å². The van der Waals surface area contributed by atoms with E-state index in [0.29, 0.717) is 72.7 Å². The Balaban J connectivity index is 0.777. The molecule has 54 heavy (non-hydrogen) atoms. The minimum absolute atomic E-state index is 0.00747. The quantitative estimate of drug-likeness (QED) is 0.232. The third-order valence-electron chi connectivity index (χ3n) is 12.2. The number of carbonyl (C=O) groups excluding carboxylic acids is 4. The van der Waals surface area contributed by atoms with Crippen LogP contribution >= 0.6 is 0 Å². The number of fused-ring (bicyclic) bond motifs is 2. The van der Waals surface area contributed by atoms with Gasteiger partial charge in [-0.05, 0) is 94.8 Å². The highest BCUT2D eigenvalue weighted by molar-refractivity contribution is 6.09. The van der Waals surface area contributed by atoms with E-state index in [1.165, 1.54) is 19.0 Å². The van der Waals surface area contributed by atoms with E-state index >= 15 is 0 Å². The number of hydrogen-bond acceptors (Lipinski definition) is 10. The van der Waals surface area contributed by atoms with Crippen LogP contribution in [0.5, 0.6) is 5.75 Å². The van der Waals surface area contributed by atoms with E-state index < -0.39 is 6.04 Å². The summed E-state index contributed by atoms with van der Waals surface area (Å²) in [6, 6.07) is 5.90. The van der Waals surface area contributed by atoms with Crippen LogP contribution in [0.3, 0.4) is 0 Å². The maximum absolute atomic E-state index is 13.4. The van der Waals surface area contributed by atoms with Crippen LogP contribution in [0.2, 0.25) is 0 Å². The number of carbonyl (C=O) groups is 4. The van der Waals surface area contributed by atoms with E-state index in [2.05, 4.69) is 41.4 Å². The first-order valence-corrected chi connectivity index (χ1v) is 19.7. The number of rotatable bonds is 10. The first-order valence-electron chi connectivity index (χ1n) is 19.7. The first kappa shape index (κ1) is 34.9. The van der Waals surface area contributed by atoms with Gasteiger partial charge in [0.25, 0.3) is 5.91 Å². The highest BCUT2D eigenvalue weighted by atomic mass is 16.5. The lowest BCUT2D eigenvalue weighted by molar-refractivity contribution is -0.150. The number of nitrogens with zero attached hydrogens (tertiary/aromatic N) is 8. The number of ether oxygens (including phenoxy) is 1. The van der Waals surface area contributed by atoms with E-state index in [4.69, 9.17) is 9.84 Å². The Labute approximate surface area is 313 Å². The summed E-state index contributed by atoms with van der Waals surface area (Å²) in [6.45, 7) is 5.46. The number of nitrogens with one attached hydrogen (secondary N) is 2. The van der Waals surface area contributed by atoms with Gasteiger partial charge in [0, 0.05) is 62.1 Å². The molecule has 4 amide bonds. The minimum Gasteiger partial charge on any atom is -0.491 e. The van der Waals surface area contributed by atoms with Crippen molar-refractivity contribution in [2.24, 2.45) is 11.8 Å². The molecule has 3 saturated heterocycles. The number of anilines is 1. The van der Waals surface area contributed by atoms with Gasteiger partial charge >= 0.3 is 0 Å². The average Bonchev–Trinajstić information content (AvgIpc) is 3.76. The van der Waals surface area contributed by atoms with E-state index in [1.54, 1.807) is 27.9 Å². The fourth-order valence-corrected chi connectivity index (χ4v) is 8.89. The molecule has 3 aliphatic heterocycles. The maximum Gasteiger partial charge on any atom is 0.261 e. The maximum atomic E-state index is 13.4. The number of imide groups is 1. The second kappa shape index (κ2) is 14.7. The molecule has 5 aliphatic rings. The fourth-order valence-electron chi connectivity index (χ4n) is 8.89. The van der Waals surface area contributed by atoms with Gasteiger partial charge in [-0.2, -0.15) is 10.2 Å². The summed E-state index contributed by atoms with van der Waals surface area (Å²) < 4.78 is 9.96. The summed E-state index contributed by atoms with van der Waals surface area (Å²) in [6.07, 6.45) is 16.7. The van der Waals surface area contributed by atoms with Crippen LogP contribution in [0.1, 0.15) is 80.6 Å². The molecule has 2 aliphatic carbocycles. The number of amides is 4. The molecule has 1 unspecified atom stereocenters. The average molecular weight is 737 g/mol. The number of piperidine rings is 2. The summed E-state index contributed by atoms with van der Waals surface area (Å²) >= 11 is 0. The summed E-state index contributed by atoms with van der Waals surface area (Å²) in [5, 5.41) is 15.7. The molecule has 2 N–H and O–H groups in total. The lowest BCUT2D eigenvalue weighted by Gasteiger charge is -2.44. The minimum atomic E-state index is -0.522. The molecule has 9 rings (SSSR count). The van der Waals surface area contributed by atoms with Crippen molar-refractivity contribution >= 4 is 45.9 Å². The Morgan fingerprint density at radius 1 is 0.926 bits per heavy atom. The Morgan fingerprint density at radius 2 is 1.74 bits per heavy atom. The van der Waals surface area contributed by atoms with E-state index in [0.717, 1.165) is 75.6 Å². The smallest absolute Gasteiger partial charge is 0.261 e. The zero-order valence-electron chi connectivity index (χ0n) is 30.6. The number of benzene rings is 1. The van der Waals surface area contributed by atoms with Crippen molar-refractivity contribution in [2.45, 2.75) is 82.3 Å². The molecule has 0 spiro atoms. The Kier molecular flexibility index (Phi) is 9.51. The van der Waals surface area contributed by atoms with Crippen molar-refractivity contribution < 1.29 is 23.9 Å². The molecular weight excluding hydrogens is 688 g/mol. The van der Waals surface area contributed by atoms with Crippen LogP contribution in [-0.4, -0.2) is 121 Å². The number of hydrogen-bond donors (Lipinski definition) is 2. The molecule has 5 fully saturated rings. The Hall–Kier alpha value is -4.89. The zero-order valence-corrected chi connectivity index (χ0v) is 30.6. The van der Waals surface area contributed by atoms with Crippen LogP contribution in [0.15, 0.2) is 43.0 Å². The normalized spacial score (nSPS) is 25.0. The molecule has 15 heteroatoms. The summed E-state index contributed by atoms with van der Waals surface area (Å²) in [5.41, 5.74) is 2.39. The molecule has 0 radical (unpaired) electrons. The predicted octanol–water partition coefficient (Wildman–Crippen LogP) is 3.27. The highest BCUT2D eigenvalue weighted by Gasteiger charge is 2.39. The second-order valence-electron chi connectivity index (χ2n) is 15.9. The van der Waals surface area contributed by atoms with Gasteiger partial charge in [-0.15, -0.1) is 0 Å². The van der Waals surface area contributed by atoms with Gasteiger partial charge < -0.3 is 19.9 Å². The Morgan fingerprint density at radius 3 is 2.52 bits per heavy atom. The van der Waals surface area contributed by atoms with Crippen LogP contribution in [0.4, 0.5) is 5.69 Å². The van der Waals surface area contributed by atoms with Crippen LogP contribution in [0, 0.1) is 11.8 Å². The fraction of sp³-hybridized carbons (Fsp3) is 0.564. The molecule has 15 nitrogen and oxygen atoms in total. The monoisotopic (exact) mass is 736 g/mol. The molecule has 0 bridgehead atoms. The Bertz CT molecular complexity index is 2060. The zero-order chi connectivity index (χ0) is 36.8. The molecule has 4 aromatic rings. The highest BCUT2D eigenvalue weighted by Crippen LogP contribution is 2.37. The standard InChI is InChI=1S/C39H48N10O5/c50-35-9-8-33(39(53)43-35)47-17-16-46(23-36(47)51)28-10-14-45(15-11-28)21-25-4-6-29(7-5-25)49-22-27-18-32(34(19-31(27)44-49)54-24-26-2-3-26)42-38(52)30-20-41-48-13-1-12-40-37(30)48/h1,12-13,18-20,22,25-26,28-29,33H,2-11,14-17,21,23-24H2,(H,42,52)(H,43,50,53)/t25-,29-,33?. The summed E-state index contributed by atoms with van der Waals surface area (Å²) in [5.74, 6) is 0.961. The summed E-state index contributed by atoms with van der Waals surface area (Å²) in [4.78, 5) is 61.3. The number of likely N-dealkylation sites (tertiary alicyclic amines) is 1. The van der Waals surface area contributed by atoms with Crippen molar-refractivity contribution in [3.63, 3.8) is 0 Å². The van der Waals surface area contributed by atoms with Crippen molar-refractivity contribution in [2.75, 3.05) is 51.2 Å². The molecule has 6 heterocycles.